The minimum absolute atomic E-state index is 0.240. The highest BCUT2D eigenvalue weighted by Gasteiger charge is 2.15. The molecule has 0 unspecified atom stereocenters. The number of nitrogens with one attached hydrogen (secondary N) is 3. The van der Waals surface area contributed by atoms with Crippen LogP contribution in [0.5, 0.6) is 0 Å². The fraction of sp³-hybridized carbons (Fsp3) is 0.0400. The molecule has 0 bridgehead atoms. The van der Waals surface area contributed by atoms with E-state index in [1.54, 1.807) is 24.7 Å². The number of hydrogen-bond donors (Lipinski definition) is 3. The van der Waals surface area contributed by atoms with Crippen molar-refractivity contribution in [3.63, 3.8) is 0 Å². The number of carbonyl (C=O) groups is 1. The maximum atomic E-state index is 12.8. The molecule has 0 aliphatic carbocycles. The molecule has 2 aromatic carbocycles. The fourth-order valence-corrected chi connectivity index (χ4v) is 3.74. The summed E-state index contributed by atoms with van der Waals surface area (Å²) in [6.07, 6.45) is 4.73. The Hall–Kier alpha value is -4.81. The number of imidazole rings is 1. The SMILES string of the molecule is Cc1ccc(NC(=O)c2ccc(Cl)c(C#N)c2)cc1Nc1ncccc1-c1ncnc2[nH]cnc12. The van der Waals surface area contributed by atoms with Crippen molar-refractivity contribution in [2.45, 2.75) is 6.92 Å². The lowest BCUT2D eigenvalue weighted by molar-refractivity contribution is 0.102. The van der Waals surface area contributed by atoms with E-state index in [2.05, 4.69) is 35.6 Å². The highest BCUT2D eigenvalue weighted by Crippen LogP contribution is 2.32. The second kappa shape index (κ2) is 9.21. The van der Waals surface area contributed by atoms with Gasteiger partial charge in [0.25, 0.3) is 5.91 Å². The molecule has 10 heteroatoms. The summed E-state index contributed by atoms with van der Waals surface area (Å²) in [5.74, 6) is 0.229. The van der Waals surface area contributed by atoms with Gasteiger partial charge in [-0.3, -0.25) is 4.79 Å². The molecule has 0 aliphatic rings. The van der Waals surface area contributed by atoms with Gasteiger partial charge in [0.1, 0.15) is 29.4 Å². The summed E-state index contributed by atoms with van der Waals surface area (Å²) in [4.78, 5) is 33.2. The maximum absolute atomic E-state index is 12.8. The van der Waals surface area contributed by atoms with Crippen LogP contribution < -0.4 is 10.6 Å². The number of aromatic nitrogens is 5. The standard InChI is InChI=1S/C25H17ClN8O/c1-14-4-6-17(33-25(35)15-5-7-19(26)16(9-15)11-27)10-20(14)34-23-18(3-2-8-28-23)21-22-24(31-12-29-21)32-13-30-22/h2-10,12-13H,1H3,(H,28,34)(H,33,35)(H,29,30,31,32). The van der Waals surface area contributed by atoms with E-state index < -0.39 is 0 Å². The molecule has 35 heavy (non-hydrogen) atoms. The number of aromatic amines is 1. The topological polar surface area (TPSA) is 132 Å². The molecule has 0 saturated carbocycles. The van der Waals surface area contributed by atoms with Crippen LogP contribution in [0.2, 0.25) is 5.02 Å². The van der Waals surface area contributed by atoms with E-state index in [9.17, 15) is 10.1 Å². The number of hydrogen-bond acceptors (Lipinski definition) is 7. The molecule has 0 atom stereocenters. The highest BCUT2D eigenvalue weighted by molar-refractivity contribution is 6.31. The van der Waals surface area contributed by atoms with E-state index in [0.717, 1.165) is 16.8 Å². The summed E-state index contributed by atoms with van der Waals surface area (Å²) in [6.45, 7) is 1.95. The average Bonchev–Trinajstić information content (AvgIpc) is 3.36. The van der Waals surface area contributed by atoms with Crippen LogP contribution in [-0.2, 0) is 0 Å². The molecule has 0 radical (unpaired) electrons. The number of nitrogens with zero attached hydrogens (tertiary/aromatic N) is 5. The van der Waals surface area contributed by atoms with Gasteiger partial charge in [0, 0.05) is 28.7 Å². The minimum atomic E-state index is -0.353. The lowest BCUT2D eigenvalue weighted by Crippen LogP contribution is -2.12. The Kier molecular flexibility index (Phi) is 5.79. The number of halogens is 1. The van der Waals surface area contributed by atoms with Gasteiger partial charge in [-0.05, 0) is 55.0 Å². The number of nitriles is 1. The van der Waals surface area contributed by atoms with Gasteiger partial charge < -0.3 is 15.6 Å². The van der Waals surface area contributed by atoms with Gasteiger partial charge >= 0.3 is 0 Å². The molecule has 5 rings (SSSR count). The smallest absolute Gasteiger partial charge is 0.255 e. The van der Waals surface area contributed by atoms with Crippen molar-refractivity contribution in [2.24, 2.45) is 0 Å². The van der Waals surface area contributed by atoms with Gasteiger partial charge in [-0.25, -0.2) is 19.9 Å². The number of H-pyrrole nitrogens is 1. The molecule has 0 fully saturated rings. The molecule has 0 aliphatic heterocycles. The molecule has 3 N–H and O–H groups in total. The molecular formula is C25H17ClN8O. The number of aryl methyl sites for hydroxylation is 1. The quantitative estimate of drug-likeness (QED) is 0.313. The van der Waals surface area contributed by atoms with Crippen LogP contribution in [0.15, 0.2) is 67.4 Å². The Morgan fingerprint density at radius 2 is 1.97 bits per heavy atom. The summed E-state index contributed by atoms with van der Waals surface area (Å²) in [7, 11) is 0. The van der Waals surface area contributed by atoms with Gasteiger partial charge in [-0.1, -0.05) is 17.7 Å². The van der Waals surface area contributed by atoms with Gasteiger partial charge in [0.15, 0.2) is 5.65 Å². The van der Waals surface area contributed by atoms with Crippen LogP contribution in [-0.4, -0.2) is 30.8 Å². The molecular weight excluding hydrogens is 464 g/mol. The van der Waals surface area contributed by atoms with E-state index in [-0.39, 0.29) is 11.5 Å². The number of carbonyl (C=O) groups excluding carboxylic acids is 1. The van der Waals surface area contributed by atoms with Gasteiger partial charge in [-0.2, -0.15) is 5.26 Å². The molecule has 0 saturated heterocycles. The summed E-state index contributed by atoms with van der Waals surface area (Å²) in [5.41, 5.74) is 5.52. The predicted octanol–water partition coefficient (Wildman–Crippen LogP) is 5.24. The number of benzene rings is 2. The first-order chi connectivity index (χ1) is 17.0. The van der Waals surface area contributed by atoms with E-state index in [1.165, 1.54) is 18.5 Å². The largest absolute Gasteiger partial charge is 0.339 e. The minimum Gasteiger partial charge on any atom is -0.339 e. The van der Waals surface area contributed by atoms with E-state index in [4.69, 9.17) is 11.6 Å². The molecule has 1 amide bonds. The van der Waals surface area contributed by atoms with E-state index >= 15 is 0 Å². The van der Waals surface area contributed by atoms with Crippen molar-refractivity contribution in [3.05, 3.63) is 89.1 Å². The first-order valence-corrected chi connectivity index (χ1v) is 10.9. The molecule has 3 aromatic heterocycles. The van der Waals surface area contributed by atoms with Crippen molar-refractivity contribution in [2.75, 3.05) is 10.6 Å². The Morgan fingerprint density at radius 3 is 2.83 bits per heavy atom. The number of pyridine rings is 1. The van der Waals surface area contributed by atoms with Crippen LogP contribution in [0, 0.1) is 18.3 Å². The third-order valence-corrected chi connectivity index (χ3v) is 5.71. The van der Waals surface area contributed by atoms with E-state index in [1.807, 2.05) is 37.3 Å². The first kappa shape index (κ1) is 22.0. The van der Waals surface area contributed by atoms with Crippen molar-refractivity contribution < 1.29 is 4.79 Å². The normalized spacial score (nSPS) is 10.7. The third kappa shape index (κ3) is 4.38. The predicted molar refractivity (Wildman–Crippen MR) is 133 cm³/mol. The highest BCUT2D eigenvalue weighted by atomic mass is 35.5. The number of fused-ring (bicyclic) bond motifs is 1. The maximum Gasteiger partial charge on any atom is 0.255 e. The lowest BCUT2D eigenvalue weighted by atomic mass is 10.1. The second-order valence-corrected chi connectivity index (χ2v) is 8.04. The average molecular weight is 481 g/mol. The zero-order valence-electron chi connectivity index (χ0n) is 18.4. The molecule has 5 aromatic rings. The summed E-state index contributed by atoms with van der Waals surface area (Å²) >= 11 is 5.98. The van der Waals surface area contributed by atoms with Crippen LogP contribution in [0.3, 0.4) is 0 Å². The van der Waals surface area contributed by atoms with E-state index in [0.29, 0.717) is 38.9 Å². The summed E-state index contributed by atoms with van der Waals surface area (Å²) in [6, 6.07) is 15.8. The van der Waals surface area contributed by atoms with Crippen molar-refractivity contribution in [1.29, 1.82) is 5.26 Å². The molecule has 9 nitrogen and oxygen atoms in total. The molecule has 3 heterocycles. The van der Waals surface area contributed by atoms with Gasteiger partial charge in [-0.15, -0.1) is 0 Å². The van der Waals surface area contributed by atoms with Crippen molar-refractivity contribution in [1.82, 2.24) is 24.9 Å². The summed E-state index contributed by atoms with van der Waals surface area (Å²) < 4.78 is 0. The molecule has 170 valence electrons. The van der Waals surface area contributed by atoms with Crippen LogP contribution in [0.25, 0.3) is 22.4 Å². The van der Waals surface area contributed by atoms with Crippen LogP contribution >= 0.6 is 11.6 Å². The third-order valence-electron chi connectivity index (χ3n) is 5.38. The van der Waals surface area contributed by atoms with Gasteiger partial charge in [0.05, 0.1) is 16.9 Å². The number of amides is 1. The lowest BCUT2D eigenvalue weighted by Gasteiger charge is -2.14. The Labute approximate surface area is 204 Å². The Bertz CT molecular complexity index is 1620. The number of rotatable bonds is 5. The molecule has 0 spiro atoms. The second-order valence-electron chi connectivity index (χ2n) is 7.64. The monoisotopic (exact) mass is 480 g/mol. The Morgan fingerprint density at radius 1 is 1.09 bits per heavy atom. The summed E-state index contributed by atoms with van der Waals surface area (Å²) in [5, 5.41) is 15.7. The van der Waals surface area contributed by atoms with Gasteiger partial charge in [0.2, 0.25) is 0 Å². The zero-order valence-corrected chi connectivity index (χ0v) is 19.1. The fourth-order valence-electron chi connectivity index (χ4n) is 3.58. The zero-order chi connectivity index (χ0) is 24.4. The van der Waals surface area contributed by atoms with Crippen molar-refractivity contribution >= 4 is 45.9 Å². The Balaban J connectivity index is 1.45. The first-order valence-electron chi connectivity index (χ1n) is 10.5. The van der Waals surface area contributed by atoms with Crippen LogP contribution in [0.4, 0.5) is 17.2 Å². The van der Waals surface area contributed by atoms with Crippen molar-refractivity contribution in [3.8, 4) is 17.3 Å². The number of anilines is 3. The van der Waals surface area contributed by atoms with Crippen LogP contribution in [0.1, 0.15) is 21.5 Å².